The van der Waals surface area contributed by atoms with E-state index in [1.165, 1.54) is 19.9 Å². The summed E-state index contributed by atoms with van der Waals surface area (Å²) in [6.45, 7) is 0.724. The van der Waals surface area contributed by atoms with Gasteiger partial charge in [-0.1, -0.05) is 6.42 Å². The number of rotatable bonds is 5. The Morgan fingerprint density at radius 2 is 2.30 bits per heavy atom. The number of nitrogens with zero attached hydrogens (tertiary/aromatic N) is 2. The molecule has 1 aromatic rings. The number of aliphatic hydroxyl groups excluding tert-OH is 1. The van der Waals surface area contributed by atoms with Crippen molar-refractivity contribution in [3.63, 3.8) is 0 Å². The highest BCUT2D eigenvalue weighted by molar-refractivity contribution is 9.11. The summed E-state index contributed by atoms with van der Waals surface area (Å²) in [5.41, 5.74) is 0.963. The third kappa shape index (κ3) is 3.61. The molecule has 8 heteroatoms. The van der Waals surface area contributed by atoms with E-state index in [2.05, 4.69) is 15.9 Å². The van der Waals surface area contributed by atoms with Crippen LogP contribution < -0.4 is 0 Å². The summed E-state index contributed by atoms with van der Waals surface area (Å²) in [5.74, 6) is 0. The van der Waals surface area contributed by atoms with Crippen molar-refractivity contribution in [1.82, 2.24) is 8.61 Å². The molecular formula is C12H19BrN2O3S2. The van der Waals surface area contributed by atoms with Gasteiger partial charge in [0.1, 0.15) is 0 Å². The van der Waals surface area contributed by atoms with Gasteiger partial charge in [0.25, 0.3) is 10.2 Å². The van der Waals surface area contributed by atoms with Crippen LogP contribution in [0.1, 0.15) is 24.8 Å². The third-order valence-electron chi connectivity index (χ3n) is 3.50. The Balaban J connectivity index is 2.11. The first-order chi connectivity index (χ1) is 9.45. The molecule has 0 amide bonds. The standard InChI is InChI=1S/C12H19BrN2O3S2/c1-14(7-10-6-12(13)19-9-10)20(17,18)15-5-3-2-4-11(15)8-16/h6,9,11,16H,2-5,7-8H2,1H3. The van der Waals surface area contributed by atoms with Crippen LogP contribution in [-0.2, 0) is 16.8 Å². The van der Waals surface area contributed by atoms with Crippen LogP contribution in [-0.4, -0.2) is 48.4 Å². The number of halogens is 1. The zero-order chi connectivity index (χ0) is 14.8. The Labute approximate surface area is 132 Å². The van der Waals surface area contributed by atoms with Gasteiger partial charge in [-0.2, -0.15) is 17.0 Å². The summed E-state index contributed by atoms with van der Waals surface area (Å²) < 4.78 is 29.0. The summed E-state index contributed by atoms with van der Waals surface area (Å²) in [4.78, 5) is 0. The lowest BCUT2D eigenvalue weighted by molar-refractivity contribution is 0.149. The fourth-order valence-corrected chi connectivity index (χ4v) is 5.19. The molecular weight excluding hydrogens is 364 g/mol. The molecule has 1 fully saturated rings. The van der Waals surface area contributed by atoms with Gasteiger partial charge in [-0.05, 0) is 45.8 Å². The van der Waals surface area contributed by atoms with Crippen molar-refractivity contribution >= 4 is 37.5 Å². The minimum Gasteiger partial charge on any atom is -0.395 e. The molecule has 1 unspecified atom stereocenters. The third-order valence-corrected chi connectivity index (χ3v) is 7.04. The Hall–Kier alpha value is 0.01000. The van der Waals surface area contributed by atoms with E-state index in [0.717, 1.165) is 28.6 Å². The van der Waals surface area contributed by atoms with Gasteiger partial charge in [0, 0.05) is 26.2 Å². The van der Waals surface area contributed by atoms with Gasteiger partial charge < -0.3 is 5.11 Å². The van der Waals surface area contributed by atoms with Gasteiger partial charge in [-0.3, -0.25) is 0 Å². The Kier molecular flexibility index (Phi) is 5.61. The van der Waals surface area contributed by atoms with Gasteiger partial charge in [0.2, 0.25) is 0 Å². The first-order valence-electron chi connectivity index (χ1n) is 6.52. The van der Waals surface area contributed by atoms with Gasteiger partial charge in [-0.25, -0.2) is 0 Å². The van der Waals surface area contributed by atoms with Crippen molar-refractivity contribution in [2.75, 3.05) is 20.2 Å². The normalized spacial score (nSPS) is 21.5. The first-order valence-corrected chi connectivity index (χ1v) is 9.59. The largest absolute Gasteiger partial charge is 0.395 e. The average molecular weight is 383 g/mol. The number of hydrogen-bond acceptors (Lipinski definition) is 4. The van der Waals surface area contributed by atoms with E-state index in [-0.39, 0.29) is 12.6 Å². The highest BCUT2D eigenvalue weighted by Crippen LogP contribution is 2.25. The molecule has 1 aromatic heterocycles. The minimum atomic E-state index is -3.52. The molecule has 1 aliphatic rings. The average Bonchev–Trinajstić information content (AvgIpc) is 2.84. The van der Waals surface area contributed by atoms with Gasteiger partial charge in [0.05, 0.1) is 10.4 Å². The quantitative estimate of drug-likeness (QED) is 0.847. The summed E-state index contributed by atoms with van der Waals surface area (Å²) in [5, 5.41) is 11.3. The van der Waals surface area contributed by atoms with Crippen molar-refractivity contribution in [1.29, 1.82) is 0 Å². The van der Waals surface area contributed by atoms with Crippen LogP contribution in [0.3, 0.4) is 0 Å². The lowest BCUT2D eigenvalue weighted by atomic mass is 10.1. The molecule has 5 nitrogen and oxygen atoms in total. The molecule has 2 heterocycles. The van der Waals surface area contributed by atoms with Crippen LogP contribution in [0, 0.1) is 0 Å². The topological polar surface area (TPSA) is 60.9 Å². The molecule has 1 aliphatic heterocycles. The minimum absolute atomic E-state index is 0.114. The Bertz CT molecular complexity index is 547. The van der Waals surface area contributed by atoms with Crippen LogP contribution in [0.15, 0.2) is 15.2 Å². The number of aliphatic hydroxyl groups is 1. The highest BCUT2D eigenvalue weighted by Gasteiger charge is 2.34. The van der Waals surface area contributed by atoms with E-state index in [0.29, 0.717) is 13.1 Å². The Morgan fingerprint density at radius 3 is 2.90 bits per heavy atom. The lowest BCUT2D eigenvalue weighted by Gasteiger charge is -2.36. The van der Waals surface area contributed by atoms with Gasteiger partial charge >= 0.3 is 0 Å². The first kappa shape index (κ1) is 16.4. The molecule has 0 aliphatic carbocycles. The fraction of sp³-hybridized carbons (Fsp3) is 0.667. The maximum absolute atomic E-state index is 12.6. The van der Waals surface area contributed by atoms with E-state index in [1.54, 1.807) is 7.05 Å². The molecule has 1 saturated heterocycles. The van der Waals surface area contributed by atoms with Gasteiger partial charge in [0.15, 0.2) is 0 Å². The summed E-state index contributed by atoms with van der Waals surface area (Å²) >= 11 is 4.92. The van der Waals surface area contributed by atoms with Crippen molar-refractivity contribution in [3.8, 4) is 0 Å². The van der Waals surface area contributed by atoms with Crippen molar-refractivity contribution < 1.29 is 13.5 Å². The van der Waals surface area contributed by atoms with E-state index in [4.69, 9.17) is 0 Å². The second kappa shape index (κ2) is 6.85. The predicted molar refractivity (Wildman–Crippen MR) is 83.8 cm³/mol. The predicted octanol–water partition coefficient (Wildman–Crippen LogP) is 2.03. The van der Waals surface area contributed by atoms with E-state index in [1.807, 2.05) is 11.4 Å². The van der Waals surface area contributed by atoms with Crippen molar-refractivity contribution in [2.24, 2.45) is 0 Å². The Morgan fingerprint density at radius 1 is 1.55 bits per heavy atom. The molecule has 0 saturated carbocycles. The molecule has 20 heavy (non-hydrogen) atoms. The zero-order valence-electron chi connectivity index (χ0n) is 11.3. The molecule has 0 bridgehead atoms. The number of piperidine rings is 1. The van der Waals surface area contributed by atoms with Crippen LogP contribution >= 0.6 is 27.3 Å². The second-order valence-corrected chi connectivity index (χ2v) is 9.24. The number of hydrogen-bond donors (Lipinski definition) is 1. The number of thiophene rings is 1. The smallest absolute Gasteiger partial charge is 0.282 e. The van der Waals surface area contributed by atoms with Crippen LogP contribution in [0.25, 0.3) is 0 Å². The highest BCUT2D eigenvalue weighted by atomic mass is 79.9. The van der Waals surface area contributed by atoms with Crippen molar-refractivity contribution in [3.05, 3.63) is 20.8 Å². The molecule has 2 rings (SSSR count). The van der Waals surface area contributed by atoms with Gasteiger partial charge in [-0.15, -0.1) is 11.3 Å². The summed E-state index contributed by atoms with van der Waals surface area (Å²) in [6.07, 6.45) is 2.56. The SMILES string of the molecule is CN(Cc1csc(Br)c1)S(=O)(=O)N1CCCCC1CO. The van der Waals surface area contributed by atoms with Crippen LogP contribution in [0.2, 0.25) is 0 Å². The van der Waals surface area contributed by atoms with E-state index < -0.39 is 10.2 Å². The lowest BCUT2D eigenvalue weighted by Crippen LogP contribution is -2.50. The second-order valence-electron chi connectivity index (χ2n) is 4.97. The molecule has 0 radical (unpaired) electrons. The van der Waals surface area contributed by atoms with E-state index >= 15 is 0 Å². The molecule has 1 N–H and O–H groups in total. The zero-order valence-corrected chi connectivity index (χ0v) is 14.5. The van der Waals surface area contributed by atoms with Crippen molar-refractivity contribution in [2.45, 2.75) is 31.8 Å². The maximum atomic E-state index is 12.6. The maximum Gasteiger partial charge on any atom is 0.282 e. The summed E-state index contributed by atoms with van der Waals surface area (Å²) in [7, 11) is -1.93. The monoisotopic (exact) mass is 382 g/mol. The molecule has 0 spiro atoms. The summed E-state index contributed by atoms with van der Waals surface area (Å²) in [6, 6.07) is 1.64. The van der Waals surface area contributed by atoms with Crippen LogP contribution in [0.5, 0.6) is 0 Å². The molecule has 1 atom stereocenters. The molecule has 0 aromatic carbocycles. The van der Waals surface area contributed by atoms with E-state index in [9.17, 15) is 13.5 Å². The molecule has 114 valence electrons. The fourth-order valence-electron chi connectivity index (χ4n) is 2.41. The van der Waals surface area contributed by atoms with Crippen LogP contribution in [0.4, 0.5) is 0 Å².